The second-order valence-electron chi connectivity index (χ2n) is 4.34. The number of likely N-dealkylation sites (N-methyl/N-ethyl adjacent to an activating group) is 1. The van der Waals surface area contributed by atoms with Crippen LogP contribution in [0.15, 0.2) is 27.1 Å². The zero-order valence-corrected chi connectivity index (χ0v) is 14.1. The predicted molar refractivity (Wildman–Crippen MR) is 82.9 cm³/mol. The molecule has 0 saturated carbocycles. The maximum absolute atomic E-state index is 5.50. The van der Waals surface area contributed by atoms with Crippen molar-refractivity contribution >= 4 is 31.9 Å². The third-order valence-corrected chi connectivity index (χ3v) is 4.30. The van der Waals surface area contributed by atoms with Crippen molar-refractivity contribution in [2.75, 3.05) is 40.4 Å². The molecule has 0 aliphatic heterocycles. The SMILES string of the molecule is CN(C)CCOCCNCc1ccc(Br)c(Br)c1. The zero-order chi connectivity index (χ0) is 13.4. The normalized spacial score (nSPS) is 11.2. The summed E-state index contributed by atoms with van der Waals surface area (Å²) >= 11 is 6.96. The Bertz CT molecular complexity index is 359. The highest BCUT2D eigenvalue weighted by Gasteiger charge is 1.98. The molecule has 0 aromatic heterocycles. The predicted octanol–water partition coefficient (Wildman–Crippen LogP) is 2.88. The maximum atomic E-state index is 5.50. The van der Waals surface area contributed by atoms with E-state index in [1.807, 2.05) is 14.1 Å². The molecule has 102 valence electrons. The molecule has 1 rings (SSSR count). The van der Waals surface area contributed by atoms with Gasteiger partial charge in [-0.2, -0.15) is 0 Å². The van der Waals surface area contributed by atoms with Crippen LogP contribution in [0.25, 0.3) is 0 Å². The van der Waals surface area contributed by atoms with Crippen LogP contribution < -0.4 is 5.32 Å². The van der Waals surface area contributed by atoms with Crippen LogP contribution in [0.1, 0.15) is 5.56 Å². The highest BCUT2D eigenvalue weighted by Crippen LogP contribution is 2.23. The summed E-state index contributed by atoms with van der Waals surface area (Å²) in [5.74, 6) is 0. The minimum absolute atomic E-state index is 0.755. The molecular weight excluding hydrogens is 360 g/mol. The lowest BCUT2D eigenvalue weighted by molar-refractivity contribution is 0.119. The molecule has 3 nitrogen and oxygen atoms in total. The first kappa shape index (κ1) is 16.1. The molecule has 0 radical (unpaired) electrons. The van der Waals surface area contributed by atoms with Gasteiger partial charge in [0.05, 0.1) is 13.2 Å². The molecule has 0 bridgehead atoms. The van der Waals surface area contributed by atoms with Crippen LogP contribution in [-0.4, -0.2) is 45.3 Å². The Balaban J connectivity index is 2.09. The van der Waals surface area contributed by atoms with Gasteiger partial charge in [-0.25, -0.2) is 0 Å². The first-order chi connectivity index (χ1) is 8.59. The number of benzene rings is 1. The number of ether oxygens (including phenoxy) is 1. The largest absolute Gasteiger partial charge is 0.379 e. The molecule has 0 spiro atoms. The molecule has 1 N–H and O–H groups in total. The fourth-order valence-electron chi connectivity index (χ4n) is 1.38. The minimum Gasteiger partial charge on any atom is -0.379 e. The van der Waals surface area contributed by atoms with E-state index in [2.05, 4.69) is 60.3 Å². The van der Waals surface area contributed by atoms with Crippen molar-refractivity contribution in [1.29, 1.82) is 0 Å². The van der Waals surface area contributed by atoms with Gasteiger partial charge in [0.2, 0.25) is 0 Å². The van der Waals surface area contributed by atoms with E-state index < -0.39 is 0 Å². The second-order valence-corrected chi connectivity index (χ2v) is 6.05. The molecule has 0 aliphatic carbocycles. The Morgan fingerprint density at radius 1 is 1.17 bits per heavy atom. The summed E-state index contributed by atoms with van der Waals surface area (Å²) in [5, 5.41) is 3.36. The number of halogens is 2. The third kappa shape index (κ3) is 6.85. The van der Waals surface area contributed by atoms with Crippen LogP contribution >= 0.6 is 31.9 Å². The molecule has 0 unspecified atom stereocenters. The maximum Gasteiger partial charge on any atom is 0.0593 e. The Kier molecular flexibility index (Phi) is 8.10. The van der Waals surface area contributed by atoms with Crippen molar-refractivity contribution in [1.82, 2.24) is 10.2 Å². The number of hydrogen-bond donors (Lipinski definition) is 1. The van der Waals surface area contributed by atoms with Gasteiger partial charge in [0.1, 0.15) is 0 Å². The lowest BCUT2D eigenvalue weighted by Gasteiger charge is -2.10. The molecular formula is C13H20Br2N2O. The average Bonchev–Trinajstić information content (AvgIpc) is 2.32. The topological polar surface area (TPSA) is 24.5 Å². The van der Waals surface area contributed by atoms with Gasteiger partial charge < -0.3 is 15.0 Å². The van der Waals surface area contributed by atoms with E-state index in [1.54, 1.807) is 0 Å². The Hall–Kier alpha value is 0.0600. The van der Waals surface area contributed by atoms with E-state index >= 15 is 0 Å². The number of rotatable bonds is 8. The molecule has 1 aromatic rings. The van der Waals surface area contributed by atoms with Crippen LogP contribution in [0.3, 0.4) is 0 Å². The molecule has 0 amide bonds. The van der Waals surface area contributed by atoms with Crippen LogP contribution in [0, 0.1) is 0 Å². The lowest BCUT2D eigenvalue weighted by atomic mass is 10.2. The van der Waals surface area contributed by atoms with E-state index in [0.29, 0.717) is 0 Å². The van der Waals surface area contributed by atoms with Crippen LogP contribution in [0.4, 0.5) is 0 Å². The lowest BCUT2D eigenvalue weighted by Crippen LogP contribution is -2.23. The molecule has 18 heavy (non-hydrogen) atoms. The van der Waals surface area contributed by atoms with Crippen molar-refractivity contribution in [3.05, 3.63) is 32.7 Å². The number of hydrogen-bond acceptors (Lipinski definition) is 3. The number of nitrogens with zero attached hydrogens (tertiary/aromatic N) is 1. The van der Waals surface area contributed by atoms with Crippen LogP contribution in [0.2, 0.25) is 0 Å². The summed E-state index contributed by atoms with van der Waals surface area (Å²) in [7, 11) is 4.10. The van der Waals surface area contributed by atoms with Crippen molar-refractivity contribution in [2.45, 2.75) is 6.54 Å². The van der Waals surface area contributed by atoms with Crippen molar-refractivity contribution < 1.29 is 4.74 Å². The van der Waals surface area contributed by atoms with E-state index in [4.69, 9.17) is 4.74 Å². The number of nitrogens with one attached hydrogen (secondary N) is 1. The Labute approximate surface area is 126 Å². The Morgan fingerprint density at radius 2 is 1.94 bits per heavy atom. The summed E-state index contributed by atoms with van der Waals surface area (Å²) in [6.07, 6.45) is 0. The Morgan fingerprint density at radius 3 is 2.61 bits per heavy atom. The zero-order valence-electron chi connectivity index (χ0n) is 10.9. The van der Waals surface area contributed by atoms with Gasteiger partial charge in [0, 0.05) is 28.6 Å². The standard InChI is InChI=1S/C13H20Br2N2O/c1-17(2)6-8-18-7-5-16-10-11-3-4-12(14)13(15)9-11/h3-4,9,16H,5-8,10H2,1-2H3. The first-order valence-corrected chi connectivity index (χ1v) is 7.55. The van der Waals surface area contributed by atoms with E-state index in [1.165, 1.54) is 5.56 Å². The van der Waals surface area contributed by atoms with Gasteiger partial charge >= 0.3 is 0 Å². The molecule has 0 saturated heterocycles. The third-order valence-electron chi connectivity index (χ3n) is 2.42. The van der Waals surface area contributed by atoms with Gasteiger partial charge in [-0.3, -0.25) is 0 Å². The molecule has 0 aliphatic rings. The molecule has 5 heteroatoms. The van der Waals surface area contributed by atoms with Crippen molar-refractivity contribution in [3.63, 3.8) is 0 Å². The van der Waals surface area contributed by atoms with Gasteiger partial charge in [0.15, 0.2) is 0 Å². The first-order valence-electron chi connectivity index (χ1n) is 5.96. The van der Waals surface area contributed by atoms with E-state index in [-0.39, 0.29) is 0 Å². The van der Waals surface area contributed by atoms with E-state index in [9.17, 15) is 0 Å². The highest BCUT2D eigenvalue weighted by atomic mass is 79.9. The van der Waals surface area contributed by atoms with Crippen molar-refractivity contribution in [3.8, 4) is 0 Å². The fraction of sp³-hybridized carbons (Fsp3) is 0.538. The van der Waals surface area contributed by atoms with Crippen LogP contribution in [-0.2, 0) is 11.3 Å². The van der Waals surface area contributed by atoms with E-state index in [0.717, 1.165) is 41.8 Å². The molecule has 1 aromatic carbocycles. The second kappa shape index (κ2) is 9.04. The molecule has 0 heterocycles. The van der Waals surface area contributed by atoms with Gasteiger partial charge in [-0.1, -0.05) is 6.07 Å². The summed E-state index contributed by atoms with van der Waals surface area (Å²) in [6.45, 7) is 4.26. The summed E-state index contributed by atoms with van der Waals surface area (Å²) < 4.78 is 7.67. The fourth-order valence-corrected chi connectivity index (χ4v) is 2.05. The van der Waals surface area contributed by atoms with Gasteiger partial charge in [-0.15, -0.1) is 0 Å². The summed E-state index contributed by atoms with van der Waals surface area (Å²) in [4.78, 5) is 2.12. The highest BCUT2D eigenvalue weighted by molar-refractivity contribution is 9.13. The van der Waals surface area contributed by atoms with Gasteiger partial charge in [-0.05, 0) is 63.7 Å². The van der Waals surface area contributed by atoms with Crippen molar-refractivity contribution in [2.24, 2.45) is 0 Å². The minimum atomic E-state index is 0.755. The monoisotopic (exact) mass is 378 g/mol. The molecule has 0 fully saturated rings. The van der Waals surface area contributed by atoms with Crippen LogP contribution in [0.5, 0.6) is 0 Å². The summed E-state index contributed by atoms with van der Waals surface area (Å²) in [6, 6.07) is 6.27. The smallest absolute Gasteiger partial charge is 0.0593 e. The van der Waals surface area contributed by atoms with Gasteiger partial charge in [0.25, 0.3) is 0 Å². The average molecular weight is 380 g/mol. The quantitative estimate of drug-likeness (QED) is 0.703. The molecule has 0 atom stereocenters. The summed E-state index contributed by atoms with van der Waals surface area (Å²) in [5.41, 5.74) is 1.26.